The number of carbonyl (C=O) groups excluding carboxylic acids is 3. The molecule has 0 unspecified atom stereocenters. The molecule has 0 bridgehead atoms. The van der Waals surface area contributed by atoms with Crippen LogP contribution in [0.3, 0.4) is 0 Å². The highest BCUT2D eigenvalue weighted by molar-refractivity contribution is 5.92. The molecule has 2 amide bonds. The number of nitrogens with one attached hydrogen (secondary N) is 1. The van der Waals surface area contributed by atoms with Crippen LogP contribution in [0.1, 0.15) is 70.8 Å². The van der Waals surface area contributed by atoms with E-state index in [1.54, 1.807) is 4.90 Å². The molecule has 1 fully saturated rings. The van der Waals surface area contributed by atoms with Crippen molar-refractivity contribution in [3.63, 3.8) is 0 Å². The minimum absolute atomic E-state index is 0.0596. The third kappa shape index (κ3) is 7.74. The number of methoxy groups -OCH3 is 1. The first-order chi connectivity index (χ1) is 19.4. The summed E-state index contributed by atoms with van der Waals surface area (Å²) < 4.78 is 17.6. The Morgan fingerprint density at radius 1 is 1.18 bits per heavy atom. The number of carbonyl (C=O) groups is 3. The zero-order valence-corrected chi connectivity index (χ0v) is 24.2. The van der Waals surface area contributed by atoms with E-state index in [-0.39, 0.29) is 37.8 Å². The second kappa shape index (κ2) is 15.6. The van der Waals surface area contributed by atoms with Crippen LogP contribution in [0, 0.1) is 23.7 Å². The van der Waals surface area contributed by atoms with Crippen molar-refractivity contribution in [2.75, 3.05) is 26.8 Å². The lowest BCUT2D eigenvalue weighted by molar-refractivity contribution is -0.178. The molecular formula is C32H44N2O6. The molecule has 0 aliphatic carbocycles. The fourth-order valence-corrected chi connectivity index (χ4v) is 5.74. The molecule has 8 nitrogen and oxygen atoms in total. The van der Waals surface area contributed by atoms with Crippen LogP contribution < -0.4 is 5.32 Å². The molecule has 2 aliphatic heterocycles. The molecule has 3 rings (SSSR count). The number of fused-ring (bicyclic) bond motifs is 1. The summed E-state index contributed by atoms with van der Waals surface area (Å²) in [5.41, 5.74) is 0.439. The zero-order chi connectivity index (χ0) is 29.0. The van der Waals surface area contributed by atoms with Gasteiger partial charge in [0.05, 0.1) is 33.0 Å². The van der Waals surface area contributed by atoms with E-state index in [0.29, 0.717) is 18.8 Å². The molecule has 218 valence electrons. The van der Waals surface area contributed by atoms with Gasteiger partial charge in [-0.25, -0.2) is 0 Å². The molecule has 2 aliphatic rings. The van der Waals surface area contributed by atoms with E-state index in [0.717, 1.165) is 37.7 Å². The van der Waals surface area contributed by atoms with Crippen molar-refractivity contribution >= 4 is 17.8 Å². The average Bonchev–Trinajstić information content (AvgIpc) is 2.96. The predicted molar refractivity (Wildman–Crippen MR) is 153 cm³/mol. The van der Waals surface area contributed by atoms with Crippen LogP contribution in [0.4, 0.5) is 0 Å². The molecule has 1 saturated heterocycles. The molecule has 8 heteroatoms. The van der Waals surface area contributed by atoms with E-state index in [2.05, 4.69) is 18.2 Å². The van der Waals surface area contributed by atoms with Gasteiger partial charge in [0.25, 0.3) is 0 Å². The Morgan fingerprint density at radius 3 is 2.60 bits per heavy atom. The monoisotopic (exact) mass is 552 g/mol. The molecule has 0 spiro atoms. The maximum absolute atomic E-state index is 13.9. The number of esters is 1. The standard InChI is InChI=1S/C32H44N2O6/c1-5-7-8-9-10-14-18-34-28-20-27(23-39-22-25-15-12-11-13-16-25)40-24(3)32(28,31(37)38-4)21-26(30(34)36)19-29(35)33-17-6-2/h2,11-13,15-16,20,24,26-27H,5,7-10,14,17-19,21-23H2,1,3-4H3,(H,33,35)/t24-,26+,27-,32+/m1/s1. The number of hydrogen-bond acceptors (Lipinski definition) is 6. The maximum atomic E-state index is 13.9. The van der Waals surface area contributed by atoms with E-state index >= 15 is 0 Å². The number of nitrogens with zero attached hydrogens (tertiary/aromatic N) is 1. The van der Waals surface area contributed by atoms with E-state index in [1.807, 2.05) is 43.3 Å². The second-order valence-electron chi connectivity index (χ2n) is 10.7. The number of unbranched alkanes of at least 4 members (excludes halogenated alkanes) is 5. The molecule has 1 N–H and O–H groups in total. The number of amides is 2. The number of ether oxygens (including phenoxy) is 3. The third-order valence-electron chi connectivity index (χ3n) is 7.85. The normalized spacial score (nSPS) is 24.1. The van der Waals surface area contributed by atoms with Crippen molar-refractivity contribution in [3.8, 4) is 12.3 Å². The minimum Gasteiger partial charge on any atom is -0.468 e. The summed E-state index contributed by atoms with van der Waals surface area (Å²) in [4.78, 5) is 41.7. The van der Waals surface area contributed by atoms with Gasteiger partial charge in [-0.3, -0.25) is 14.4 Å². The van der Waals surface area contributed by atoms with Crippen molar-refractivity contribution in [2.45, 2.75) is 84.0 Å². The number of piperidine rings is 1. The Morgan fingerprint density at radius 2 is 1.90 bits per heavy atom. The van der Waals surface area contributed by atoms with Crippen LogP contribution in [-0.4, -0.2) is 61.7 Å². The topological polar surface area (TPSA) is 94.2 Å². The lowest BCUT2D eigenvalue weighted by Gasteiger charge is -2.51. The van der Waals surface area contributed by atoms with Crippen LogP contribution in [0.5, 0.6) is 0 Å². The molecule has 0 radical (unpaired) electrons. The molecule has 40 heavy (non-hydrogen) atoms. The van der Waals surface area contributed by atoms with Gasteiger partial charge in [0.15, 0.2) is 0 Å². The van der Waals surface area contributed by atoms with Gasteiger partial charge in [0, 0.05) is 24.6 Å². The summed E-state index contributed by atoms with van der Waals surface area (Å²) in [6.07, 6.45) is 12.5. The Bertz CT molecular complexity index is 1060. The summed E-state index contributed by atoms with van der Waals surface area (Å²) in [7, 11) is 1.35. The van der Waals surface area contributed by atoms with E-state index in [9.17, 15) is 14.4 Å². The summed E-state index contributed by atoms with van der Waals surface area (Å²) in [5, 5.41) is 2.65. The Labute approximate surface area is 238 Å². The number of likely N-dealkylation sites (tertiary alicyclic amines) is 1. The SMILES string of the molecule is C#CCNC(=O)C[C@H]1C[C@@]2(C(=O)OC)C(=C[C@H](COCc3ccccc3)O[C@@H]2C)N(CCCCCCCC)C1=O. The van der Waals surface area contributed by atoms with Gasteiger partial charge in [-0.2, -0.15) is 0 Å². The minimum atomic E-state index is -1.21. The van der Waals surface area contributed by atoms with E-state index < -0.39 is 29.5 Å². The molecule has 0 aromatic heterocycles. The second-order valence-corrected chi connectivity index (χ2v) is 10.7. The van der Waals surface area contributed by atoms with Crippen molar-refractivity contribution in [1.29, 1.82) is 0 Å². The average molecular weight is 553 g/mol. The van der Waals surface area contributed by atoms with Crippen LogP contribution in [0.15, 0.2) is 42.1 Å². The lowest BCUT2D eigenvalue weighted by Crippen LogP contribution is -2.60. The highest BCUT2D eigenvalue weighted by Crippen LogP contribution is 2.50. The molecule has 2 heterocycles. The Balaban J connectivity index is 1.87. The van der Waals surface area contributed by atoms with Crippen molar-refractivity contribution in [3.05, 3.63) is 47.7 Å². The van der Waals surface area contributed by atoms with Crippen molar-refractivity contribution in [1.82, 2.24) is 10.2 Å². The van der Waals surface area contributed by atoms with Gasteiger partial charge in [0.2, 0.25) is 11.8 Å². The zero-order valence-electron chi connectivity index (χ0n) is 24.2. The first kappa shape index (κ1) is 31.4. The first-order valence-electron chi connectivity index (χ1n) is 14.5. The number of rotatable bonds is 15. The van der Waals surface area contributed by atoms with Crippen molar-refractivity contribution in [2.24, 2.45) is 11.3 Å². The number of benzene rings is 1. The molecule has 0 saturated carbocycles. The van der Waals surface area contributed by atoms with E-state index in [1.165, 1.54) is 13.5 Å². The summed E-state index contributed by atoms with van der Waals surface area (Å²) in [6.45, 7) is 5.26. The maximum Gasteiger partial charge on any atom is 0.320 e. The smallest absolute Gasteiger partial charge is 0.320 e. The quantitative estimate of drug-likeness (QED) is 0.197. The van der Waals surface area contributed by atoms with Crippen LogP contribution >= 0.6 is 0 Å². The van der Waals surface area contributed by atoms with Gasteiger partial charge >= 0.3 is 5.97 Å². The molecule has 1 aromatic rings. The first-order valence-corrected chi connectivity index (χ1v) is 14.5. The number of terminal acetylenes is 1. The predicted octanol–water partition coefficient (Wildman–Crippen LogP) is 4.38. The van der Waals surface area contributed by atoms with Gasteiger partial charge in [-0.05, 0) is 31.4 Å². The largest absolute Gasteiger partial charge is 0.468 e. The van der Waals surface area contributed by atoms with Crippen LogP contribution in [0.2, 0.25) is 0 Å². The molecular weight excluding hydrogens is 508 g/mol. The van der Waals surface area contributed by atoms with Gasteiger partial charge < -0.3 is 24.4 Å². The van der Waals surface area contributed by atoms with Crippen LogP contribution in [0.25, 0.3) is 0 Å². The molecule has 1 aromatic carbocycles. The fraction of sp³-hybridized carbons (Fsp3) is 0.594. The summed E-state index contributed by atoms with van der Waals surface area (Å²) in [6, 6.07) is 9.86. The fourth-order valence-electron chi connectivity index (χ4n) is 5.74. The highest BCUT2D eigenvalue weighted by atomic mass is 16.5. The lowest BCUT2D eigenvalue weighted by atomic mass is 9.66. The van der Waals surface area contributed by atoms with Crippen LogP contribution in [-0.2, 0) is 35.2 Å². The third-order valence-corrected chi connectivity index (χ3v) is 7.85. The summed E-state index contributed by atoms with van der Waals surface area (Å²) in [5.74, 6) is 0.732. The van der Waals surface area contributed by atoms with Gasteiger partial charge in [0.1, 0.15) is 11.5 Å². The Kier molecular flexibility index (Phi) is 12.2. The van der Waals surface area contributed by atoms with Gasteiger partial charge in [-0.1, -0.05) is 75.3 Å². The van der Waals surface area contributed by atoms with Gasteiger partial charge in [-0.15, -0.1) is 6.42 Å². The Hall–Kier alpha value is -3.15. The molecule has 4 atom stereocenters. The van der Waals surface area contributed by atoms with Crippen molar-refractivity contribution < 1.29 is 28.6 Å². The summed E-state index contributed by atoms with van der Waals surface area (Å²) >= 11 is 0. The number of hydrogen-bond donors (Lipinski definition) is 1. The van der Waals surface area contributed by atoms with E-state index in [4.69, 9.17) is 20.6 Å². The highest BCUT2D eigenvalue weighted by Gasteiger charge is 2.59.